The van der Waals surface area contributed by atoms with Crippen molar-refractivity contribution in [2.75, 3.05) is 12.0 Å². The Balaban J connectivity index is 2.33. The molecule has 0 aliphatic carbocycles. The monoisotopic (exact) mass is 405 g/mol. The molecular formula is C21H18Cl3NO. The van der Waals surface area contributed by atoms with Gasteiger partial charge in [-0.05, 0) is 61.9 Å². The first-order valence-electron chi connectivity index (χ1n) is 8.06. The second kappa shape index (κ2) is 7.79. The highest BCUT2D eigenvalue weighted by molar-refractivity contribution is 6.35. The minimum atomic E-state index is 0.580. The lowest BCUT2D eigenvalue weighted by Crippen LogP contribution is -2.13. The predicted octanol–water partition coefficient (Wildman–Crippen LogP) is 7.74. The Morgan fingerprint density at radius 1 is 0.731 bits per heavy atom. The number of aryl methyl sites for hydroxylation is 2. The molecule has 0 fully saturated rings. The van der Waals surface area contributed by atoms with Gasteiger partial charge >= 0.3 is 0 Å². The summed E-state index contributed by atoms with van der Waals surface area (Å²) in [4.78, 5) is 2.02. The van der Waals surface area contributed by atoms with Gasteiger partial charge in [0.25, 0.3) is 0 Å². The van der Waals surface area contributed by atoms with Crippen LogP contribution in [0.4, 0.5) is 17.1 Å². The lowest BCUT2D eigenvalue weighted by Gasteiger charge is -2.29. The molecule has 0 bridgehead atoms. The number of nitrogens with zero attached hydrogens (tertiary/aromatic N) is 1. The van der Waals surface area contributed by atoms with E-state index < -0.39 is 0 Å². The first-order chi connectivity index (χ1) is 12.4. The fourth-order valence-electron chi connectivity index (χ4n) is 2.94. The summed E-state index contributed by atoms with van der Waals surface area (Å²) in [5.74, 6) is 0.686. The van der Waals surface area contributed by atoms with E-state index >= 15 is 0 Å². The summed E-state index contributed by atoms with van der Waals surface area (Å²) < 4.78 is 5.58. The highest BCUT2D eigenvalue weighted by atomic mass is 35.5. The maximum absolute atomic E-state index is 6.54. The van der Waals surface area contributed by atoms with E-state index in [1.54, 1.807) is 25.3 Å². The van der Waals surface area contributed by atoms with Gasteiger partial charge in [0.05, 0.1) is 23.5 Å². The number of benzene rings is 3. The molecule has 0 aliphatic rings. The van der Waals surface area contributed by atoms with Crippen molar-refractivity contribution < 1.29 is 4.74 Å². The number of hydrogen-bond donors (Lipinski definition) is 0. The third-order valence-corrected chi connectivity index (χ3v) is 4.91. The van der Waals surface area contributed by atoms with Crippen molar-refractivity contribution in [2.45, 2.75) is 13.8 Å². The Kier molecular flexibility index (Phi) is 5.67. The van der Waals surface area contributed by atoms with Gasteiger partial charge in [-0.1, -0.05) is 52.5 Å². The highest BCUT2D eigenvalue weighted by Gasteiger charge is 2.21. The summed E-state index contributed by atoms with van der Waals surface area (Å²) in [7, 11) is 1.63. The molecule has 0 aliphatic heterocycles. The lowest BCUT2D eigenvalue weighted by molar-refractivity contribution is 0.416. The molecule has 3 rings (SSSR count). The third-order valence-electron chi connectivity index (χ3n) is 4.12. The lowest BCUT2D eigenvalue weighted by atomic mass is 10.1. The van der Waals surface area contributed by atoms with Crippen LogP contribution in [-0.4, -0.2) is 7.11 Å². The molecule has 2 nitrogen and oxygen atoms in total. The zero-order valence-corrected chi connectivity index (χ0v) is 17.0. The minimum Gasteiger partial charge on any atom is -0.495 e. The zero-order valence-electron chi connectivity index (χ0n) is 14.7. The Morgan fingerprint density at radius 2 is 1.38 bits per heavy atom. The van der Waals surface area contributed by atoms with Crippen molar-refractivity contribution in [1.29, 1.82) is 0 Å². The third kappa shape index (κ3) is 3.78. The number of halogens is 3. The van der Waals surface area contributed by atoms with Crippen molar-refractivity contribution in [3.05, 3.63) is 80.8 Å². The Hall–Kier alpha value is -1.87. The molecule has 3 aromatic rings. The average molecular weight is 407 g/mol. The van der Waals surface area contributed by atoms with Gasteiger partial charge < -0.3 is 9.64 Å². The molecule has 0 atom stereocenters. The smallest absolute Gasteiger partial charge is 0.142 e. The molecular weight excluding hydrogens is 389 g/mol. The molecule has 0 N–H and O–H groups in total. The van der Waals surface area contributed by atoms with Crippen LogP contribution in [-0.2, 0) is 0 Å². The molecule has 0 saturated carbocycles. The summed E-state index contributed by atoms with van der Waals surface area (Å²) in [6.45, 7) is 4.12. The van der Waals surface area contributed by atoms with E-state index in [-0.39, 0.29) is 0 Å². The maximum Gasteiger partial charge on any atom is 0.142 e. The molecule has 134 valence electrons. The average Bonchev–Trinajstić information content (AvgIpc) is 2.60. The molecule has 0 aromatic heterocycles. The standard InChI is InChI=1S/C21H18Cl3NO/c1-13-4-8-18(14(2)10-13)25(19-11-15(22)5-7-17(19)24)20-12-16(23)6-9-21(20)26-3/h4-12H,1-3H3. The van der Waals surface area contributed by atoms with Gasteiger partial charge in [-0.25, -0.2) is 0 Å². The molecule has 0 unspecified atom stereocenters. The fraction of sp³-hybridized carbons (Fsp3) is 0.143. The second-order valence-corrected chi connectivity index (χ2v) is 7.32. The summed E-state index contributed by atoms with van der Waals surface area (Å²) in [5.41, 5.74) is 4.80. The first kappa shape index (κ1) is 18.9. The Labute approximate surface area is 168 Å². The van der Waals surface area contributed by atoms with Crippen LogP contribution in [0, 0.1) is 13.8 Å². The molecule has 0 radical (unpaired) electrons. The van der Waals surface area contributed by atoms with E-state index in [0.717, 1.165) is 22.6 Å². The van der Waals surface area contributed by atoms with Crippen LogP contribution in [0.3, 0.4) is 0 Å². The topological polar surface area (TPSA) is 12.5 Å². The largest absolute Gasteiger partial charge is 0.495 e. The van der Waals surface area contributed by atoms with Gasteiger partial charge in [-0.3, -0.25) is 0 Å². The van der Waals surface area contributed by atoms with Crippen molar-refractivity contribution >= 4 is 51.9 Å². The number of ether oxygens (including phenoxy) is 1. The van der Waals surface area contributed by atoms with E-state index in [2.05, 4.69) is 32.0 Å². The molecule has 5 heteroatoms. The van der Waals surface area contributed by atoms with Gasteiger partial charge in [0.2, 0.25) is 0 Å². The Morgan fingerprint density at radius 3 is 2.04 bits per heavy atom. The molecule has 0 amide bonds. The number of hydrogen-bond acceptors (Lipinski definition) is 2. The van der Waals surface area contributed by atoms with Gasteiger partial charge in [-0.2, -0.15) is 0 Å². The van der Waals surface area contributed by atoms with Gasteiger partial charge in [0.15, 0.2) is 0 Å². The summed E-state index contributed by atoms with van der Waals surface area (Å²) >= 11 is 19.1. The SMILES string of the molecule is COc1ccc(Cl)cc1N(c1ccc(C)cc1C)c1cc(Cl)ccc1Cl. The van der Waals surface area contributed by atoms with Crippen LogP contribution < -0.4 is 9.64 Å². The van der Waals surface area contributed by atoms with Crippen LogP contribution in [0.5, 0.6) is 5.75 Å². The molecule has 0 saturated heterocycles. The zero-order chi connectivity index (χ0) is 18.8. The second-order valence-electron chi connectivity index (χ2n) is 6.04. The number of rotatable bonds is 4. The van der Waals surface area contributed by atoms with E-state index in [9.17, 15) is 0 Å². The van der Waals surface area contributed by atoms with Gasteiger partial charge in [0, 0.05) is 15.7 Å². The van der Waals surface area contributed by atoms with E-state index in [1.165, 1.54) is 5.56 Å². The number of anilines is 3. The minimum absolute atomic E-state index is 0.580. The van der Waals surface area contributed by atoms with Crippen LogP contribution in [0.15, 0.2) is 54.6 Å². The van der Waals surface area contributed by atoms with Crippen molar-refractivity contribution in [3.8, 4) is 5.75 Å². The summed E-state index contributed by atoms with van der Waals surface area (Å²) in [6.07, 6.45) is 0. The van der Waals surface area contributed by atoms with Crippen LogP contribution in [0.2, 0.25) is 15.1 Å². The fourth-order valence-corrected chi connectivity index (χ4v) is 3.48. The molecule has 26 heavy (non-hydrogen) atoms. The highest BCUT2D eigenvalue weighted by Crippen LogP contribution is 2.45. The molecule has 0 spiro atoms. The summed E-state index contributed by atoms with van der Waals surface area (Å²) in [5, 5.41) is 1.78. The Bertz CT molecular complexity index is 956. The quantitative estimate of drug-likeness (QED) is 0.439. The van der Waals surface area contributed by atoms with E-state index in [0.29, 0.717) is 20.8 Å². The van der Waals surface area contributed by atoms with Crippen molar-refractivity contribution in [3.63, 3.8) is 0 Å². The predicted molar refractivity (Wildman–Crippen MR) is 112 cm³/mol. The molecule has 0 heterocycles. The summed E-state index contributed by atoms with van der Waals surface area (Å²) in [6, 6.07) is 17.1. The molecule has 3 aromatic carbocycles. The maximum atomic E-state index is 6.54. The van der Waals surface area contributed by atoms with Gasteiger partial charge in [0.1, 0.15) is 5.75 Å². The van der Waals surface area contributed by atoms with Crippen LogP contribution in [0.25, 0.3) is 0 Å². The van der Waals surface area contributed by atoms with Crippen molar-refractivity contribution in [2.24, 2.45) is 0 Å². The van der Waals surface area contributed by atoms with E-state index in [4.69, 9.17) is 39.5 Å². The van der Waals surface area contributed by atoms with Crippen LogP contribution in [0.1, 0.15) is 11.1 Å². The first-order valence-corrected chi connectivity index (χ1v) is 9.20. The normalized spacial score (nSPS) is 10.7. The van der Waals surface area contributed by atoms with Crippen LogP contribution >= 0.6 is 34.8 Å². The number of methoxy groups -OCH3 is 1. The van der Waals surface area contributed by atoms with E-state index in [1.807, 2.05) is 23.1 Å². The van der Waals surface area contributed by atoms with Gasteiger partial charge in [-0.15, -0.1) is 0 Å². The van der Waals surface area contributed by atoms with Crippen molar-refractivity contribution in [1.82, 2.24) is 0 Å².